The Bertz CT molecular complexity index is 800. The number of anilines is 1. The molecule has 1 saturated heterocycles. The molecule has 1 aliphatic heterocycles. The summed E-state index contributed by atoms with van der Waals surface area (Å²) in [5.41, 5.74) is 2.24. The highest BCUT2D eigenvalue weighted by Gasteiger charge is 2.31. The Balaban J connectivity index is 1.36. The summed E-state index contributed by atoms with van der Waals surface area (Å²) in [5, 5.41) is 7.67. The summed E-state index contributed by atoms with van der Waals surface area (Å²) in [7, 11) is 0. The van der Waals surface area contributed by atoms with Gasteiger partial charge in [0.1, 0.15) is 5.82 Å². The Morgan fingerprint density at radius 3 is 2.86 bits per heavy atom. The maximum Gasteiger partial charge on any atom is 0.323 e. The molecular formula is C21H30N6O. The van der Waals surface area contributed by atoms with Crippen LogP contribution in [0.3, 0.4) is 0 Å². The van der Waals surface area contributed by atoms with E-state index in [4.69, 9.17) is 0 Å². The van der Waals surface area contributed by atoms with Crippen LogP contribution < -0.4 is 5.32 Å². The Morgan fingerprint density at radius 1 is 1.25 bits per heavy atom. The lowest BCUT2D eigenvalue weighted by Crippen LogP contribution is -2.38. The molecular weight excluding hydrogens is 352 g/mol. The third kappa shape index (κ3) is 4.35. The molecule has 7 nitrogen and oxygen atoms in total. The number of nitrogens with one attached hydrogen (secondary N) is 1. The molecule has 0 aromatic carbocycles. The molecule has 0 radical (unpaired) electrons. The van der Waals surface area contributed by atoms with Gasteiger partial charge in [0.15, 0.2) is 0 Å². The smallest absolute Gasteiger partial charge is 0.323 e. The fraction of sp³-hybridized carbons (Fsp3) is 0.571. The molecule has 1 aliphatic carbocycles. The van der Waals surface area contributed by atoms with Crippen LogP contribution in [0.5, 0.6) is 0 Å². The Hall–Kier alpha value is -2.41. The van der Waals surface area contributed by atoms with Gasteiger partial charge in [0.2, 0.25) is 0 Å². The Morgan fingerprint density at radius 2 is 2.11 bits per heavy atom. The molecule has 1 N–H and O–H groups in total. The van der Waals surface area contributed by atoms with Gasteiger partial charge in [-0.1, -0.05) is 6.07 Å². The normalized spacial score (nSPS) is 19.3. The highest BCUT2D eigenvalue weighted by atomic mass is 16.2. The molecule has 0 bridgehead atoms. The van der Waals surface area contributed by atoms with Crippen LogP contribution in [0.15, 0.2) is 30.7 Å². The van der Waals surface area contributed by atoms with Gasteiger partial charge in [0.05, 0.1) is 12.2 Å². The molecule has 7 heteroatoms. The zero-order valence-electron chi connectivity index (χ0n) is 16.8. The zero-order chi connectivity index (χ0) is 19.5. The number of aromatic nitrogens is 3. The minimum absolute atomic E-state index is 0.0175. The van der Waals surface area contributed by atoms with E-state index in [-0.39, 0.29) is 6.03 Å². The molecule has 2 aliphatic rings. The summed E-state index contributed by atoms with van der Waals surface area (Å²) in [6.07, 6.45) is 9.06. The lowest BCUT2D eigenvalue weighted by atomic mass is 10.2. The second-order valence-electron chi connectivity index (χ2n) is 8.11. The van der Waals surface area contributed by atoms with Crippen LogP contribution in [0.25, 0.3) is 0 Å². The number of pyridine rings is 1. The zero-order valence-corrected chi connectivity index (χ0v) is 16.8. The van der Waals surface area contributed by atoms with Crippen LogP contribution in [0.4, 0.5) is 10.6 Å². The number of urea groups is 1. The number of carbonyl (C=O) groups excluding carboxylic acids is 1. The van der Waals surface area contributed by atoms with Gasteiger partial charge in [0.25, 0.3) is 0 Å². The summed E-state index contributed by atoms with van der Waals surface area (Å²) < 4.78 is 2.00. The molecule has 3 heterocycles. The average Bonchev–Trinajstić information content (AvgIpc) is 3.51. The van der Waals surface area contributed by atoms with Gasteiger partial charge in [-0.3, -0.25) is 15.2 Å². The predicted octanol–water partition coefficient (Wildman–Crippen LogP) is 3.30. The summed E-state index contributed by atoms with van der Waals surface area (Å²) >= 11 is 0. The molecule has 2 fully saturated rings. The van der Waals surface area contributed by atoms with Crippen molar-refractivity contribution in [2.24, 2.45) is 5.92 Å². The van der Waals surface area contributed by atoms with Crippen LogP contribution in [-0.2, 0) is 6.54 Å². The Kier molecular flexibility index (Phi) is 5.62. The number of aryl methyl sites for hydroxylation is 1. The molecule has 2 aromatic rings. The number of hydrogen-bond donors (Lipinski definition) is 1. The first-order chi connectivity index (χ1) is 13.6. The number of nitrogens with zero attached hydrogens (tertiary/aromatic N) is 5. The number of rotatable bonds is 5. The Labute approximate surface area is 166 Å². The molecule has 28 heavy (non-hydrogen) atoms. The molecule has 2 amide bonds. The van der Waals surface area contributed by atoms with Crippen LogP contribution in [0.1, 0.15) is 43.4 Å². The van der Waals surface area contributed by atoms with Crippen molar-refractivity contribution >= 4 is 11.8 Å². The van der Waals surface area contributed by atoms with E-state index in [2.05, 4.69) is 33.3 Å². The summed E-state index contributed by atoms with van der Waals surface area (Å²) in [6.45, 7) is 8.47. The predicted molar refractivity (Wildman–Crippen MR) is 109 cm³/mol. The van der Waals surface area contributed by atoms with Crippen molar-refractivity contribution in [1.82, 2.24) is 24.6 Å². The number of amides is 2. The first kappa shape index (κ1) is 18.9. The van der Waals surface area contributed by atoms with Gasteiger partial charge in [0, 0.05) is 50.7 Å². The minimum Gasteiger partial charge on any atom is -0.323 e. The van der Waals surface area contributed by atoms with Crippen LogP contribution >= 0.6 is 0 Å². The van der Waals surface area contributed by atoms with Gasteiger partial charge < -0.3 is 4.90 Å². The van der Waals surface area contributed by atoms with Crippen molar-refractivity contribution in [3.63, 3.8) is 0 Å². The maximum absolute atomic E-state index is 12.9. The van der Waals surface area contributed by atoms with Gasteiger partial charge in [-0.2, -0.15) is 5.10 Å². The fourth-order valence-electron chi connectivity index (χ4n) is 3.95. The summed E-state index contributed by atoms with van der Waals surface area (Å²) in [6, 6.07) is 4.40. The fourth-order valence-corrected chi connectivity index (χ4v) is 3.95. The van der Waals surface area contributed by atoms with Crippen molar-refractivity contribution in [2.45, 2.75) is 45.7 Å². The minimum atomic E-state index is -0.0175. The third-order valence-corrected chi connectivity index (χ3v) is 5.90. The molecule has 0 unspecified atom stereocenters. The second-order valence-corrected chi connectivity index (χ2v) is 8.11. The lowest BCUT2D eigenvalue weighted by Gasteiger charge is -2.23. The molecule has 0 spiro atoms. The molecule has 4 rings (SSSR count). The highest BCUT2D eigenvalue weighted by Crippen LogP contribution is 2.40. The SMILES string of the molecule is Cc1cnn([C@H](C)C2CC2)c1NC(=O)N1CCCN(Cc2cccnc2)CC1. The van der Waals surface area contributed by atoms with Gasteiger partial charge in [-0.05, 0) is 50.7 Å². The van der Waals surface area contributed by atoms with Crippen molar-refractivity contribution in [3.05, 3.63) is 41.9 Å². The van der Waals surface area contributed by atoms with Gasteiger partial charge in [-0.15, -0.1) is 0 Å². The van der Waals surface area contributed by atoms with E-state index in [1.54, 1.807) is 6.20 Å². The average molecular weight is 383 g/mol. The monoisotopic (exact) mass is 382 g/mol. The number of hydrogen-bond acceptors (Lipinski definition) is 4. The van der Waals surface area contributed by atoms with E-state index < -0.39 is 0 Å². The van der Waals surface area contributed by atoms with E-state index in [0.29, 0.717) is 12.0 Å². The van der Waals surface area contributed by atoms with Crippen molar-refractivity contribution < 1.29 is 4.79 Å². The van der Waals surface area contributed by atoms with Crippen molar-refractivity contribution in [2.75, 3.05) is 31.5 Å². The van der Waals surface area contributed by atoms with E-state index >= 15 is 0 Å². The lowest BCUT2D eigenvalue weighted by molar-refractivity contribution is 0.210. The molecule has 2 aromatic heterocycles. The number of carbonyl (C=O) groups is 1. The molecule has 150 valence electrons. The largest absolute Gasteiger partial charge is 0.323 e. The second kappa shape index (κ2) is 8.31. The van der Waals surface area contributed by atoms with Crippen LogP contribution in [0, 0.1) is 12.8 Å². The van der Waals surface area contributed by atoms with Crippen molar-refractivity contribution in [3.8, 4) is 0 Å². The summed E-state index contributed by atoms with van der Waals surface area (Å²) in [5.74, 6) is 1.54. The summed E-state index contributed by atoms with van der Waals surface area (Å²) in [4.78, 5) is 21.5. The van der Waals surface area contributed by atoms with Gasteiger partial charge in [-0.25, -0.2) is 9.48 Å². The van der Waals surface area contributed by atoms with Crippen molar-refractivity contribution in [1.29, 1.82) is 0 Å². The highest BCUT2D eigenvalue weighted by molar-refractivity contribution is 5.89. The standard InChI is InChI=1S/C21H30N6O/c1-16-13-23-27(17(2)19-6-7-19)20(16)24-21(28)26-10-4-9-25(11-12-26)15-18-5-3-8-22-14-18/h3,5,8,13-14,17,19H,4,6-7,9-12,15H2,1-2H3,(H,24,28)/t17-/m1/s1. The maximum atomic E-state index is 12.9. The topological polar surface area (TPSA) is 66.3 Å². The van der Waals surface area contributed by atoms with E-state index in [1.165, 1.54) is 18.4 Å². The van der Waals surface area contributed by atoms with Crippen LogP contribution in [-0.4, -0.2) is 56.8 Å². The quantitative estimate of drug-likeness (QED) is 0.862. The van der Waals surface area contributed by atoms with Crippen LogP contribution in [0.2, 0.25) is 0 Å². The first-order valence-electron chi connectivity index (χ1n) is 10.3. The molecule has 1 atom stereocenters. The first-order valence-corrected chi connectivity index (χ1v) is 10.3. The third-order valence-electron chi connectivity index (χ3n) is 5.90. The van der Waals surface area contributed by atoms with Gasteiger partial charge >= 0.3 is 6.03 Å². The molecule has 1 saturated carbocycles. The van der Waals surface area contributed by atoms with E-state index in [9.17, 15) is 4.79 Å². The van der Waals surface area contributed by atoms with E-state index in [0.717, 1.165) is 50.5 Å². The van der Waals surface area contributed by atoms with E-state index in [1.807, 2.05) is 35.0 Å².